The Kier molecular flexibility index (Phi) is 4.68. The molecule has 0 atom stereocenters. The molecule has 0 bridgehead atoms. The van der Waals surface area contributed by atoms with Gasteiger partial charge in [0.15, 0.2) is 5.82 Å². The van der Waals surface area contributed by atoms with E-state index in [1.54, 1.807) is 0 Å². The highest BCUT2D eigenvalue weighted by Gasteiger charge is 2.29. The molecule has 0 aromatic carbocycles. The number of nitrogens with one attached hydrogen (secondary N) is 1. The molecule has 1 aromatic heterocycles. The van der Waals surface area contributed by atoms with E-state index in [-0.39, 0.29) is 0 Å². The molecule has 1 aromatic rings. The quantitative estimate of drug-likeness (QED) is 0.828. The van der Waals surface area contributed by atoms with Gasteiger partial charge >= 0.3 is 0 Å². The standard InChI is InChI=1S/C15H26N4O/c1-2-9-19(10-12-5-7-16-8-6-12)11-14-17-15(20-18-14)13-3-4-13/h12-13,16H,2-11H2,1H3. The largest absolute Gasteiger partial charge is 0.339 e. The number of piperidine rings is 1. The van der Waals surface area contributed by atoms with E-state index in [4.69, 9.17) is 4.52 Å². The molecular weight excluding hydrogens is 252 g/mol. The Bertz CT molecular complexity index is 410. The van der Waals surface area contributed by atoms with Crippen molar-refractivity contribution in [2.24, 2.45) is 5.92 Å². The maximum Gasteiger partial charge on any atom is 0.229 e. The smallest absolute Gasteiger partial charge is 0.229 e. The zero-order chi connectivity index (χ0) is 13.8. The lowest BCUT2D eigenvalue weighted by Gasteiger charge is -2.29. The molecule has 1 saturated carbocycles. The molecule has 1 saturated heterocycles. The van der Waals surface area contributed by atoms with Gasteiger partial charge in [-0.05, 0) is 57.7 Å². The van der Waals surface area contributed by atoms with Crippen molar-refractivity contribution < 1.29 is 4.52 Å². The molecule has 2 fully saturated rings. The summed E-state index contributed by atoms with van der Waals surface area (Å²) in [6.45, 7) is 7.70. The molecule has 5 heteroatoms. The summed E-state index contributed by atoms with van der Waals surface area (Å²) in [6, 6.07) is 0. The van der Waals surface area contributed by atoms with Gasteiger partial charge in [0.05, 0.1) is 6.54 Å². The molecule has 2 aliphatic rings. The first kappa shape index (κ1) is 14.0. The van der Waals surface area contributed by atoms with Crippen molar-refractivity contribution in [3.05, 3.63) is 11.7 Å². The van der Waals surface area contributed by atoms with Gasteiger partial charge in [-0.15, -0.1) is 0 Å². The predicted molar refractivity (Wildman–Crippen MR) is 77.4 cm³/mol. The van der Waals surface area contributed by atoms with Crippen molar-refractivity contribution in [1.82, 2.24) is 20.4 Å². The lowest BCUT2D eigenvalue weighted by molar-refractivity contribution is 0.193. The Balaban J connectivity index is 1.54. The fourth-order valence-corrected chi connectivity index (χ4v) is 3.01. The van der Waals surface area contributed by atoms with Crippen LogP contribution in [0.4, 0.5) is 0 Å². The lowest BCUT2D eigenvalue weighted by Crippen LogP contribution is -2.36. The van der Waals surface area contributed by atoms with Crippen molar-refractivity contribution in [3.8, 4) is 0 Å². The van der Waals surface area contributed by atoms with Gasteiger partial charge in [-0.2, -0.15) is 4.98 Å². The van der Waals surface area contributed by atoms with Gasteiger partial charge in [0.1, 0.15) is 0 Å². The third-order valence-corrected chi connectivity index (χ3v) is 4.29. The van der Waals surface area contributed by atoms with Crippen molar-refractivity contribution in [2.75, 3.05) is 26.2 Å². The maximum absolute atomic E-state index is 5.36. The molecule has 112 valence electrons. The van der Waals surface area contributed by atoms with Crippen LogP contribution in [0.5, 0.6) is 0 Å². The molecule has 1 aliphatic carbocycles. The molecule has 0 unspecified atom stereocenters. The summed E-state index contributed by atoms with van der Waals surface area (Å²) in [5, 5.41) is 7.59. The summed E-state index contributed by atoms with van der Waals surface area (Å²) >= 11 is 0. The van der Waals surface area contributed by atoms with Crippen LogP contribution in [-0.4, -0.2) is 41.2 Å². The molecule has 1 aliphatic heterocycles. The average Bonchev–Trinajstić information content (AvgIpc) is 3.21. The van der Waals surface area contributed by atoms with E-state index >= 15 is 0 Å². The van der Waals surface area contributed by atoms with Gasteiger partial charge in [0.2, 0.25) is 5.89 Å². The molecule has 5 nitrogen and oxygen atoms in total. The summed E-state index contributed by atoms with van der Waals surface area (Å²) in [6.07, 6.45) is 6.20. The number of nitrogens with zero attached hydrogens (tertiary/aromatic N) is 3. The van der Waals surface area contributed by atoms with Crippen LogP contribution in [0.1, 0.15) is 56.7 Å². The van der Waals surface area contributed by atoms with Crippen LogP contribution in [0.3, 0.4) is 0 Å². The van der Waals surface area contributed by atoms with Crippen LogP contribution in [0, 0.1) is 5.92 Å². The minimum Gasteiger partial charge on any atom is -0.339 e. The summed E-state index contributed by atoms with van der Waals surface area (Å²) in [5.74, 6) is 3.10. The van der Waals surface area contributed by atoms with Gasteiger partial charge in [0, 0.05) is 12.5 Å². The molecule has 3 rings (SSSR count). The zero-order valence-corrected chi connectivity index (χ0v) is 12.5. The van der Waals surface area contributed by atoms with Gasteiger partial charge in [-0.25, -0.2) is 0 Å². The van der Waals surface area contributed by atoms with Gasteiger partial charge in [-0.3, -0.25) is 4.90 Å². The van der Waals surface area contributed by atoms with Gasteiger partial charge in [0.25, 0.3) is 0 Å². The number of hydrogen-bond donors (Lipinski definition) is 1. The highest BCUT2D eigenvalue weighted by molar-refractivity contribution is 5.01. The van der Waals surface area contributed by atoms with E-state index in [9.17, 15) is 0 Å². The monoisotopic (exact) mass is 278 g/mol. The van der Waals surface area contributed by atoms with Gasteiger partial charge in [-0.1, -0.05) is 12.1 Å². The van der Waals surface area contributed by atoms with Gasteiger partial charge < -0.3 is 9.84 Å². The number of aromatic nitrogens is 2. The minimum absolute atomic E-state index is 0.556. The Morgan fingerprint density at radius 1 is 1.25 bits per heavy atom. The second-order valence-corrected chi connectivity index (χ2v) is 6.25. The van der Waals surface area contributed by atoms with Crippen LogP contribution < -0.4 is 5.32 Å². The lowest BCUT2D eigenvalue weighted by atomic mass is 9.97. The summed E-state index contributed by atoms with van der Waals surface area (Å²) < 4.78 is 5.36. The third-order valence-electron chi connectivity index (χ3n) is 4.29. The maximum atomic E-state index is 5.36. The first-order valence-electron chi connectivity index (χ1n) is 8.10. The average molecular weight is 278 g/mol. The Morgan fingerprint density at radius 2 is 2.05 bits per heavy atom. The molecule has 0 amide bonds. The van der Waals surface area contributed by atoms with E-state index in [0.717, 1.165) is 30.7 Å². The highest BCUT2D eigenvalue weighted by atomic mass is 16.5. The predicted octanol–water partition coefficient (Wildman–Crippen LogP) is 2.16. The number of hydrogen-bond acceptors (Lipinski definition) is 5. The molecule has 1 N–H and O–H groups in total. The van der Waals surface area contributed by atoms with Crippen molar-refractivity contribution >= 4 is 0 Å². The zero-order valence-electron chi connectivity index (χ0n) is 12.5. The Morgan fingerprint density at radius 3 is 2.75 bits per heavy atom. The fourth-order valence-electron chi connectivity index (χ4n) is 3.01. The van der Waals surface area contributed by atoms with Crippen LogP contribution in [0.25, 0.3) is 0 Å². The van der Waals surface area contributed by atoms with Crippen LogP contribution in [0.2, 0.25) is 0 Å². The Hall–Kier alpha value is -0.940. The van der Waals surface area contributed by atoms with Crippen LogP contribution in [0.15, 0.2) is 4.52 Å². The molecular formula is C15H26N4O. The van der Waals surface area contributed by atoms with Crippen molar-refractivity contribution in [2.45, 2.75) is 51.5 Å². The van der Waals surface area contributed by atoms with E-state index in [0.29, 0.717) is 5.92 Å². The molecule has 0 spiro atoms. The first-order chi connectivity index (χ1) is 9.85. The third kappa shape index (κ3) is 3.79. The summed E-state index contributed by atoms with van der Waals surface area (Å²) in [4.78, 5) is 7.05. The topological polar surface area (TPSA) is 54.2 Å². The molecule has 0 radical (unpaired) electrons. The van der Waals surface area contributed by atoms with E-state index in [1.807, 2.05) is 0 Å². The van der Waals surface area contributed by atoms with E-state index < -0.39 is 0 Å². The van der Waals surface area contributed by atoms with E-state index in [1.165, 1.54) is 51.7 Å². The molecule has 20 heavy (non-hydrogen) atoms. The first-order valence-corrected chi connectivity index (χ1v) is 8.10. The van der Waals surface area contributed by atoms with Crippen LogP contribution >= 0.6 is 0 Å². The fraction of sp³-hybridized carbons (Fsp3) is 0.867. The Labute approximate surface area is 121 Å². The van der Waals surface area contributed by atoms with Crippen molar-refractivity contribution in [3.63, 3.8) is 0 Å². The summed E-state index contributed by atoms with van der Waals surface area (Å²) in [7, 11) is 0. The minimum atomic E-state index is 0.556. The normalized spacial score (nSPS) is 20.7. The van der Waals surface area contributed by atoms with E-state index in [2.05, 4.69) is 27.3 Å². The molecule has 2 heterocycles. The van der Waals surface area contributed by atoms with Crippen LogP contribution in [-0.2, 0) is 6.54 Å². The second-order valence-electron chi connectivity index (χ2n) is 6.25. The SMILES string of the molecule is CCCN(Cc1noc(C2CC2)n1)CC1CCNCC1. The summed E-state index contributed by atoms with van der Waals surface area (Å²) in [5.41, 5.74) is 0. The van der Waals surface area contributed by atoms with Crippen molar-refractivity contribution in [1.29, 1.82) is 0 Å². The second kappa shape index (κ2) is 6.68. The highest BCUT2D eigenvalue weighted by Crippen LogP contribution is 2.38. The number of rotatable bonds is 7.